The molecule has 0 saturated heterocycles. The predicted octanol–water partition coefficient (Wildman–Crippen LogP) is 1.23. The third-order valence-electron chi connectivity index (χ3n) is 2.89. The van der Waals surface area contributed by atoms with Gasteiger partial charge in [-0.05, 0) is 50.9 Å². The summed E-state index contributed by atoms with van der Waals surface area (Å²) in [7, 11) is 2.00. The minimum Gasteiger partial charge on any atom is -0.320 e. The monoisotopic (exact) mass is 170 g/mol. The van der Waals surface area contributed by atoms with Gasteiger partial charge in [-0.25, -0.2) is 0 Å². The van der Waals surface area contributed by atoms with Crippen LogP contribution >= 0.6 is 0 Å². The Labute approximate surface area is 76.1 Å². The molecule has 72 valence electrons. The van der Waals surface area contributed by atoms with Crippen LogP contribution in [-0.4, -0.2) is 26.7 Å². The third-order valence-corrected chi connectivity index (χ3v) is 2.89. The zero-order chi connectivity index (χ0) is 9.03. The Morgan fingerprint density at radius 3 is 2.50 bits per heavy atom. The van der Waals surface area contributed by atoms with Gasteiger partial charge >= 0.3 is 0 Å². The molecule has 1 aliphatic rings. The Morgan fingerprint density at radius 2 is 2.00 bits per heavy atom. The highest BCUT2D eigenvalue weighted by molar-refractivity contribution is 4.95. The van der Waals surface area contributed by atoms with E-state index in [-0.39, 0.29) is 0 Å². The molecule has 0 spiro atoms. The molecule has 1 aliphatic carbocycles. The molecule has 0 aliphatic heterocycles. The Balaban J connectivity index is 1.85. The molecule has 0 amide bonds. The standard InChI is InChI=1S/C10H22N2/c1-10(2)7-9(10)8-12-6-4-5-11-3/h9,11-12H,4-8H2,1-3H3. The van der Waals surface area contributed by atoms with Crippen molar-refractivity contribution in [1.82, 2.24) is 10.6 Å². The van der Waals surface area contributed by atoms with Gasteiger partial charge in [0.15, 0.2) is 0 Å². The summed E-state index contributed by atoms with van der Waals surface area (Å²) < 4.78 is 0. The lowest BCUT2D eigenvalue weighted by molar-refractivity contribution is 0.513. The first-order chi connectivity index (χ1) is 5.67. The van der Waals surface area contributed by atoms with E-state index in [0.717, 1.165) is 19.0 Å². The molecule has 12 heavy (non-hydrogen) atoms. The van der Waals surface area contributed by atoms with Crippen LogP contribution in [-0.2, 0) is 0 Å². The zero-order valence-corrected chi connectivity index (χ0v) is 8.61. The fraction of sp³-hybridized carbons (Fsp3) is 1.00. The first kappa shape index (κ1) is 10.0. The highest BCUT2D eigenvalue weighted by Crippen LogP contribution is 2.50. The van der Waals surface area contributed by atoms with E-state index in [1.807, 2.05) is 7.05 Å². The van der Waals surface area contributed by atoms with Gasteiger partial charge in [-0.3, -0.25) is 0 Å². The lowest BCUT2D eigenvalue weighted by Gasteiger charge is -2.05. The van der Waals surface area contributed by atoms with Crippen LogP contribution in [0.3, 0.4) is 0 Å². The van der Waals surface area contributed by atoms with E-state index in [0.29, 0.717) is 5.41 Å². The molecule has 0 aromatic carbocycles. The van der Waals surface area contributed by atoms with Crippen LogP contribution in [0, 0.1) is 11.3 Å². The average Bonchev–Trinajstić information content (AvgIpc) is 2.59. The Bertz CT molecular complexity index is 132. The second kappa shape index (κ2) is 4.24. The Morgan fingerprint density at radius 1 is 1.33 bits per heavy atom. The second-order valence-corrected chi connectivity index (χ2v) is 4.55. The van der Waals surface area contributed by atoms with Crippen LogP contribution < -0.4 is 10.6 Å². The van der Waals surface area contributed by atoms with Crippen molar-refractivity contribution >= 4 is 0 Å². The maximum Gasteiger partial charge on any atom is -0.00152 e. The minimum absolute atomic E-state index is 0.635. The highest BCUT2D eigenvalue weighted by atomic mass is 14.9. The summed E-state index contributed by atoms with van der Waals surface area (Å²) >= 11 is 0. The van der Waals surface area contributed by atoms with E-state index in [1.165, 1.54) is 19.4 Å². The molecule has 1 saturated carbocycles. The maximum atomic E-state index is 3.50. The van der Waals surface area contributed by atoms with Crippen LogP contribution in [0.4, 0.5) is 0 Å². The summed E-state index contributed by atoms with van der Waals surface area (Å²) in [6, 6.07) is 0. The molecule has 1 atom stereocenters. The summed E-state index contributed by atoms with van der Waals surface area (Å²) in [5, 5.41) is 6.65. The Hall–Kier alpha value is -0.0800. The SMILES string of the molecule is CNCCCNCC1CC1(C)C. The minimum atomic E-state index is 0.635. The van der Waals surface area contributed by atoms with Gasteiger partial charge in [-0.2, -0.15) is 0 Å². The maximum absolute atomic E-state index is 3.50. The van der Waals surface area contributed by atoms with Crippen molar-refractivity contribution < 1.29 is 0 Å². The fourth-order valence-electron chi connectivity index (χ4n) is 1.59. The third kappa shape index (κ3) is 3.11. The van der Waals surface area contributed by atoms with Gasteiger partial charge < -0.3 is 10.6 Å². The summed E-state index contributed by atoms with van der Waals surface area (Å²) in [4.78, 5) is 0. The molecule has 0 heterocycles. The highest BCUT2D eigenvalue weighted by Gasteiger charge is 2.44. The van der Waals surface area contributed by atoms with Crippen molar-refractivity contribution in [2.24, 2.45) is 11.3 Å². The molecule has 0 aromatic rings. The molecule has 2 N–H and O–H groups in total. The fourth-order valence-corrected chi connectivity index (χ4v) is 1.59. The van der Waals surface area contributed by atoms with E-state index < -0.39 is 0 Å². The molecule has 1 unspecified atom stereocenters. The number of rotatable bonds is 6. The van der Waals surface area contributed by atoms with Crippen molar-refractivity contribution in [2.75, 3.05) is 26.7 Å². The van der Waals surface area contributed by atoms with Crippen LogP contribution in [0.5, 0.6) is 0 Å². The van der Waals surface area contributed by atoms with E-state index in [4.69, 9.17) is 0 Å². The van der Waals surface area contributed by atoms with Crippen molar-refractivity contribution in [3.05, 3.63) is 0 Å². The zero-order valence-electron chi connectivity index (χ0n) is 8.61. The van der Waals surface area contributed by atoms with E-state index in [9.17, 15) is 0 Å². The van der Waals surface area contributed by atoms with Gasteiger partial charge in [0.25, 0.3) is 0 Å². The predicted molar refractivity (Wildman–Crippen MR) is 53.3 cm³/mol. The van der Waals surface area contributed by atoms with Crippen LogP contribution in [0.15, 0.2) is 0 Å². The first-order valence-corrected chi connectivity index (χ1v) is 5.02. The summed E-state index contributed by atoms with van der Waals surface area (Å²) in [5.41, 5.74) is 0.635. The van der Waals surface area contributed by atoms with E-state index >= 15 is 0 Å². The summed E-state index contributed by atoms with van der Waals surface area (Å²) in [5.74, 6) is 0.937. The van der Waals surface area contributed by atoms with Gasteiger partial charge in [-0.1, -0.05) is 13.8 Å². The van der Waals surface area contributed by atoms with E-state index in [1.54, 1.807) is 0 Å². The first-order valence-electron chi connectivity index (χ1n) is 5.02. The lowest BCUT2D eigenvalue weighted by Crippen LogP contribution is -2.22. The topological polar surface area (TPSA) is 24.1 Å². The summed E-state index contributed by atoms with van der Waals surface area (Å²) in [6.07, 6.45) is 2.65. The van der Waals surface area contributed by atoms with Crippen LogP contribution in [0.25, 0.3) is 0 Å². The van der Waals surface area contributed by atoms with E-state index in [2.05, 4.69) is 24.5 Å². The molecule has 2 nitrogen and oxygen atoms in total. The average molecular weight is 170 g/mol. The van der Waals surface area contributed by atoms with Gasteiger partial charge in [0, 0.05) is 0 Å². The normalized spacial score (nSPS) is 25.8. The number of hydrogen-bond donors (Lipinski definition) is 2. The van der Waals surface area contributed by atoms with Crippen molar-refractivity contribution in [1.29, 1.82) is 0 Å². The molecule has 0 bridgehead atoms. The van der Waals surface area contributed by atoms with Crippen molar-refractivity contribution in [2.45, 2.75) is 26.7 Å². The largest absolute Gasteiger partial charge is 0.320 e. The molecular weight excluding hydrogens is 148 g/mol. The van der Waals surface area contributed by atoms with Gasteiger partial charge in [0.1, 0.15) is 0 Å². The lowest BCUT2D eigenvalue weighted by atomic mass is 10.1. The van der Waals surface area contributed by atoms with Gasteiger partial charge in [0.2, 0.25) is 0 Å². The summed E-state index contributed by atoms with van der Waals surface area (Å²) in [6.45, 7) is 8.21. The number of nitrogens with one attached hydrogen (secondary N) is 2. The van der Waals surface area contributed by atoms with Crippen LogP contribution in [0.2, 0.25) is 0 Å². The Kier molecular flexibility index (Phi) is 3.53. The molecule has 1 rings (SSSR count). The molecule has 0 radical (unpaired) electrons. The smallest absolute Gasteiger partial charge is 0.00152 e. The second-order valence-electron chi connectivity index (χ2n) is 4.55. The quantitative estimate of drug-likeness (QED) is 0.586. The molecular formula is C10H22N2. The molecule has 0 aromatic heterocycles. The molecule has 1 fully saturated rings. The van der Waals surface area contributed by atoms with Gasteiger partial charge in [-0.15, -0.1) is 0 Å². The van der Waals surface area contributed by atoms with Crippen molar-refractivity contribution in [3.63, 3.8) is 0 Å². The van der Waals surface area contributed by atoms with Crippen molar-refractivity contribution in [3.8, 4) is 0 Å². The van der Waals surface area contributed by atoms with Gasteiger partial charge in [0.05, 0.1) is 0 Å². The number of hydrogen-bond acceptors (Lipinski definition) is 2. The van der Waals surface area contributed by atoms with Crippen LogP contribution in [0.1, 0.15) is 26.7 Å². The molecule has 2 heteroatoms.